The van der Waals surface area contributed by atoms with E-state index >= 15 is 0 Å². The molecule has 0 aromatic carbocycles. The molecule has 1 atom stereocenters. The van der Waals surface area contributed by atoms with Crippen molar-refractivity contribution in [3.8, 4) is 0 Å². The minimum atomic E-state index is 0.409. The Hall–Kier alpha value is -1.47. The fourth-order valence-corrected chi connectivity index (χ4v) is 4.58. The highest BCUT2D eigenvalue weighted by Gasteiger charge is 2.32. The van der Waals surface area contributed by atoms with Crippen molar-refractivity contribution >= 4 is 16.7 Å². The molecule has 4 rings (SSSR count). The number of aromatic nitrogens is 4. The molecule has 0 radical (unpaired) electrons. The first-order valence-corrected chi connectivity index (χ1v) is 9.69. The van der Waals surface area contributed by atoms with Crippen LogP contribution in [0.5, 0.6) is 0 Å². The number of fused-ring (bicyclic) bond motifs is 1. The summed E-state index contributed by atoms with van der Waals surface area (Å²) in [4.78, 5) is 14.2. The standard InChI is InChI=1S/C17H26N6S/c1-21(2)17-19-15(20-24-17)11-23-10-6-9-14(23)16-18-12-7-4-5-8-13(12)22(16)3/h14H,4-11H2,1-3H3. The lowest BCUT2D eigenvalue weighted by Gasteiger charge is -2.23. The van der Waals surface area contributed by atoms with Crippen LogP contribution in [0.25, 0.3) is 0 Å². The SMILES string of the molecule is CN(C)c1nc(CN2CCCC2c2nc3c(n2C)CCCC3)ns1. The van der Waals surface area contributed by atoms with Gasteiger partial charge in [-0.05, 0) is 45.1 Å². The number of hydrogen-bond donors (Lipinski definition) is 0. The Balaban J connectivity index is 1.55. The highest BCUT2D eigenvalue weighted by Crippen LogP contribution is 2.34. The van der Waals surface area contributed by atoms with Crippen LogP contribution in [0.15, 0.2) is 0 Å². The van der Waals surface area contributed by atoms with Gasteiger partial charge < -0.3 is 9.47 Å². The fraction of sp³-hybridized carbons (Fsp3) is 0.706. The maximum atomic E-state index is 5.03. The van der Waals surface area contributed by atoms with Crippen LogP contribution in [0.4, 0.5) is 5.13 Å². The molecule has 1 fully saturated rings. The number of nitrogens with zero attached hydrogens (tertiary/aromatic N) is 6. The van der Waals surface area contributed by atoms with Gasteiger partial charge in [0.1, 0.15) is 5.82 Å². The maximum absolute atomic E-state index is 5.03. The Morgan fingerprint density at radius 3 is 2.75 bits per heavy atom. The largest absolute Gasteiger partial charge is 0.353 e. The Kier molecular flexibility index (Phi) is 4.30. The van der Waals surface area contributed by atoms with Gasteiger partial charge in [0.25, 0.3) is 0 Å². The molecule has 1 aliphatic heterocycles. The quantitative estimate of drug-likeness (QED) is 0.851. The highest BCUT2D eigenvalue weighted by atomic mass is 32.1. The topological polar surface area (TPSA) is 50.1 Å². The van der Waals surface area contributed by atoms with E-state index in [1.165, 1.54) is 60.8 Å². The fourth-order valence-electron chi connectivity index (χ4n) is 3.98. The monoisotopic (exact) mass is 346 g/mol. The molecule has 0 N–H and O–H groups in total. The first-order valence-electron chi connectivity index (χ1n) is 8.92. The van der Waals surface area contributed by atoms with Crippen LogP contribution in [0.1, 0.15) is 54.8 Å². The zero-order valence-electron chi connectivity index (χ0n) is 14.8. The third-order valence-corrected chi connectivity index (χ3v) is 6.18. The number of hydrogen-bond acceptors (Lipinski definition) is 6. The van der Waals surface area contributed by atoms with Gasteiger partial charge in [0.2, 0.25) is 5.13 Å². The van der Waals surface area contributed by atoms with Gasteiger partial charge in [-0.2, -0.15) is 4.37 Å². The van der Waals surface area contributed by atoms with E-state index in [-0.39, 0.29) is 0 Å². The van der Waals surface area contributed by atoms with E-state index in [4.69, 9.17) is 4.98 Å². The minimum absolute atomic E-state index is 0.409. The molecule has 2 aliphatic rings. The lowest BCUT2D eigenvalue weighted by molar-refractivity contribution is 0.231. The average Bonchev–Trinajstić information content (AvgIpc) is 3.28. The van der Waals surface area contributed by atoms with Crippen molar-refractivity contribution in [1.29, 1.82) is 0 Å². The molecule has 2 aromatic rings. The van der Waals surface area contributed by atoms with Crippen molar-refractivity contribution in [2.75, 3.05) is 25.5 Å². The Bertz CT molecular complexity index is 719. The summed E-state index contributed by atoms with van der Waals surface area (Å²) in [6.07, 6.45) is 7.34. The van der Waals surface area contributed by atoms with Crippen LogP contribution in [0, 0.1) is 0 Å². The van der Waals surface area contributed by atoms with Crippen LogP contribution in [-0.4, -0.2) is 44.4 Å². The molecule has 1 unspecified atom stereocenters. The second kappa shape index (κ2) is 6.44. The van der Waals surface area contributed by atoms with E-state index in [0.29, 0.717) is 6.04 Å². The van der Waals surface area contributed by atoms with E-state index in [1.54, 1.807) is 0 Å². The maximum Gasteiger partial charge on any atom is 0.204 e. The third-order valence-electron chi connectivity index (χ3n) is 5.25. The highest BCUT2D eigenvalue weighted by molar-refractivity contribution is 7.09. The zero-order valence-corrected chi connectivity index (χ0v) is 15.6. The van der Waals surface area contributed by atoms with Crippen molar-refractivity contribution < 1.29 is 0 Å². The predicted molar refractivity (Wildman–Crippen MR) is 96.5 cm³/mol. The van der Waals surface area contributed by atoms with Crippen LogP contribution in [0.2, 0.25) is 0 Å². The zero-order chi connectivity index (χ0) is 16.7. The summed E-state index contributed by atoms with van der Waals surface area (Å²) in [5, 5.41) is 0.980. The Morgan fingerprint density at radius 2 is 2.00 bits per heavy atom. The summed E-state index contributed by atoms with van der Waals surface area (Å²) in [7, 11) is 6.23. The molecule has 0 spiro atoms. The van der Waals surface area contributed by atoms with Crippen molar-refractivity contribution in [2.24, 2.45) is 7.05 Å². The van der Waals surface area contributed by atoms with Crippen molar-refractivity contribution in [3.05, 3.63) is 23.0 Å². The second-order valence-corrected chi connectivity index (χ2v) is 7.88. The van der Waals surface area contributed by atoms with Gasteiger partial charge in [0, 0.05) is 38.4 Å². The molecule has 0 bridgehead atoms. The van der Waals surface area contributed by atoms with E-state index in [2.05, 4.69) is 25.9 Å². The van der Waals surface area contributed by atoms with Crippen LogP contribution in [0.3, 0.4) is 0 Å². The number of likely N-dealkylation sites (tertiary alicyclic amines) is 1. The number of rotatable bonds is 4. The summed E-state index contributed by atoms with van der Waals surface area (Å²) in [6, 6.07) is 0.409. The van der Waals surface area contributed by atoms with E-state index < -0.39 is 0 Å². The van der Waals surface area contributed by atoms with Crippen LogP contribution in [-0.2, 0) is 26.4 Å². The first kappa shape index (κ1) is 16.0. The molecular formula is C17H26N6S. The summed E-state index contributed by atoms with van der Waals surface area (Å²) in [5.74, 6) is 2.19. The van der Waals surface area contributed by atoms with Crippen LogP contribution >= 0.6 is 11.5 Å². The normalized spacial score (nSPS) is 21.2. The molecule has 130 valence electrons. The summed E-state index contributed by atoms with van der Waals surface area (Å²) >= 11 is 1.48. The van der Waals surface area contributed by atoms with Gasteiger partial charge in [-0.3, -0.25) is 4.90 Å². The molecule has 1 saturated heterocycles. The first-order chi connectivity index (χ1) is 11.6. The second-order valence-electron chi connectivity index (χ2n) is 7.15. The lowest BCUT2D eigenvalue weighted by atomic mass is 10.0. The van der Waals surface area contributed by atoms with Gasteiger partial charge in [0.15, 0.2) is 5.82 Å². The molecule has 7 heteroatoms. The van der Waals surface area contributed by atoms with Crippen molar-refractivity contribution in [3.63, 3.8) is 0 Å². The molecular weight excluding hydrogens is 320 g/mol. The number of anilines is 1. The summed E-state index contributed by atoms with van der Waals surface area (Å²) in [6.45, 7) is 1.94. The van der Waals surface area contributed by atoms with E-state index in [1.807, 2.05) is 19.0 Å². The van der Waals surface area contributed by atoms with Gasteiger partial charge >= 0.3 is 0 Å². The van der Waals surface area contributed by atoms with E-state index in [9.17, 15) is 0 Å². The predicted octanol–water partition coefficient (Wildman–Crippen LogP) is 2.55. The van der Waals surface area contributed by atoms with E-state index in [0.717, 1.165) is 30.5 Å². The van der Waals surface area contributed by atoms with Gasteiger partial charge in [-0.15, -0.1) is 0 Å². The molecule has 2 aromatic heterocycles. The molecule has 3 heterocycles. The Labute approximate surface area is 147 Å². The molecule has 1 aliphatic carbocycles. The van der Waals surface area contributed by atoms with Crippen molar-refractivity contribution in [2.45, 2.75) is 51.1 Å². The smallest absolute Gasteiger partial charge is 0.204 e. The van der Waals surface area contributed by atoms with Gasteiger partial charge in [-0.1, -0.05) is 0 Å². The number of imidazole rings is 1. The Morgan fingerprint density at radius 1 is 1.17 bits per heavy atom. The number of aryl methyl sites for hydroxylation is 1. The third kappa shape index (κ3) is 2.84. The van der Waals surface area contributed by atoms with Crippen molar-refractivity contribution in [1.82, 2.24) is 23.8 Å². The molecule has 0 amide bonds. The van der Waals surface area contributed by atoms with Crippen LogP contribution < -0.4 is 4.90 Å². The summed E-state index contributed by atoms with van der Waals surface area (Å²) < 4.78 is 6.91. The minimum Gasteiger partial charge on any atom is -0.353 e. The summed E-state index contributed by atoms with van der Waals surface area (Å²) in [5.41, 5.74) is 2.80. The molecule has 6 nitrogen and oxygen atoms in total. The molecule has 24 heavy (non-hydrogen) atoms. The lowest BCUT2D eigenvalue weighted by Crippen LogP contribution is -2.25. The van der Waals surface area contributed by atoms with Gasteiger partial charge in [-0.25, -0.2) is 9.97 Å². The average molecular weight is 347 g/mol. The molecule has 0 saturated carbocycles. The van der Waals surface area contributed by atoms with Gasteiger partial charge in [0.05, 0.1) is 18.3 Å².